The van der Waals surface area contributed by atoms with Crippen LogP contribution in [0.2, 0.25) is 0 Å². The van der Waals surface area contributed by atoms with Crippen molar-refractivity contribution in [2.75, 3.05) is 0 Å². The molecule has 0 saturated carbocycles. The van der Waals surface area contributed by atoms with E-state index in [9.17, 15) is 9.90 Å². The molecule has 0 unspecified atom stereocenters. The Morgan fingerprint density at radius 3 is 3.06 bits per heavy atom. The lowest BCUT2D eigenvalue weighted by Gasteiger charge is -2.05. The van der Waals surface area contributed by atoms with E-state index in [0.717, 1.165) is 16.7 Å². The molecule has 82 valence electrons. The van der Waals surface area contributed by atoms with Crippen LogP contribution in [0.1, 0.15) is 22.8 Å². The van der Waals surface area contributed by atoms with E-state index in [1.54, 1.807) is 11.6 Å². The molecule has 3 nitrogen and oxygen atoms in total. The van der Waals surface area contributed by atoms with E-state index in [1.807, 2.05) is 6.92 Å². The number of fused-ring (bicyclic) bond motifs is 1. The van der Waals surface area contributed by atoms with Gasteiger partial charge in [0.05, 0.1) is 21.3 Å². The maximum atomic E-state index is 10.8. The molecule has 1 heterocycles. The Bertz CT molecular complexity index is 572. The molecule has 4 heteroatoms. The highest BCUT2D eigenvalue weighted by atomic mass is 32.1. The molecule has 0 fully saturated rings. The van der Waals surface area contributed by atoms with Gasteiger partial charge in [0.15, 0.2) is 6.29 Å². The van der Waals surface area contributed by atoms with Crippen molar-refractivity contribution in [2.45, 2.75) is 13.3 Å². The number of allylic oxidation sites excluding steroid dienone is 1. The summed E-state index contributed by atoms with van der Waals surface area (Å²) >= 11 is 1.34. The van der Waals surface area contributed by atoms with Gasteiger partial charge in [0.25, 0.3) is 0 Å². The third-order valence-electron chi connectivity index (χ3n) is 2.31. The molecule has 2 rings (SSSR count). The zero-order valence-corrected chi connectivity index (χ0v) is 9.67. The van der Waals surface area contributed by atoms with E-state index in [4.69, 9.17) is 0 Å². The molecule has 0 atom stereocenters. The normalized spacial score (nSPS) is 10.6. The van der Waals surface area contributed by atoms with Crippen molar-refractivity contribution in [3.8, 4) is 5.75 Å². The zero-order valence-electron chi connectivity index (χ0n) is 8.86. The van der Waals surface area contributed by atoms with Gasteiger partial charge in [-0.2, -0.15) is 0 Å². The SMILES string of the molecule is C=C(C)Cc1cc(C=O)c(O)c2scnc12. The van der Waals surface area contributed by atoms with Crippen molar-refractivity contribution in [2.24, 2.45) is 0 Å². The van der Waals surface area contributed by atoms with E-state index < -0.39 is 0 Å². The van der Waals surface area contributed by atoms with Crippen molar-refractivity contribution >= 4 is 27.8 Å². The van der Waals surface area contributed by atoms with Crippen molar-refractivity contribution in [1.82, 2.24) is 4.98 Å². The van der Waals surface area contributed by atoms with Crippen LogP contribution in [0.15, 0.2) is 23.7 Å². The van der Waals surface area contributed by atoms with Gasteiger partial charge in [-0.15, -0.1) is 11.3 Å². The Hall–Kier alpha value is -1.68. The van der Waals surface area contributed by atoms with Gasteiger partial charge in [0.2, 0.25) is 0 Å². The van der Waals surface area contributed by atoms with Gasteiger partial charge < -0.3 is 5.11 Å². The van der Waals surface area contributed by atoms with Crippen molar-refractivity contribution in [3.63, 3.8) is 0 Å². The lowest BCUT2D eigenvalue weighted by Crippen LogP contribution is -1.92. The fourth-order valence-electron chi connectivity index (χ4n) is 1.65. The molecular weight excluding hydrogens is 222 g/mol. The first kappa shape index (κ1) is 10.8. The number of thiazole rings is 1. The number of hydrogen-bond acceptors (Lipinski definition) is 4. The Balaban J connectivity index is 2.72. The number of carbonyl (C=O) groups excluding carboxylic acids is 1. The van der Waals surface area contributed by atoms with Crippen LogP contribution >= 0.6 is 11.3 Å². The van der Waals surface area contributed by atoms with Crippen LogP contribution in [-0.4, -0.2) is 16.4 Å². The second-order valence-electron chi connectivity index (χ2n) is 3.76. The van der Waals surface area contributed by atoms with Crippen LogP contribution in [0, 0.1) is 0 Å². The third-order valence-corrected chi connectivity index (χ3v) is 3.14. The summed E-state index contributed by atoms with van der Waals surface area (Å²) in [6.07, 6.45) is 1.33. The third kappa shape index (κ3) is 1.72. The quantitative estimate of drug-likeness (QED) is 0.655. The zero-order chi connectivity index (χ0) is 11.7. The van der Waals surface area contributed by atoms with Crippen molar-refractivity contribution < 1.29 is 9.90 Å². The molecule has 1 aromatic heterocycles. The molecule has 1 aromatic carbocycles. The number of rotatable bonds is 3. The van der Waals surface area contributed by atoms with Gasteiger partial charge in [-0.25, -0.2) is 4.98 Å². The first-order valence-corrected chi connectivity index (χ1v) is 5.69. The molecule has 0 saturated heterocycles. The molecule has 0 aliphatic heterocycles. The van der Waals surface area contributed by atoms with Crippen LogP contribution in [-0.2, 0) is 6.42 Å². The maximum Gasteiger partial charge on any atom is 0.153 e. The lowest BCUT2D eigenvalue weighted by atomic mass is 10.0. The Labute approximate surface area is 97.1 Å². The first-order chi connectivity index (χ1) is 7.63. The van der Waals surface area contributed by atoms with Crippen LogP contribution in [0.25, 0.3) is 10.2 Å². The molecule has 1 N–H and O–H groups in total. The summed E-state index contributed by atoms with van der Waals surface area (Å²) < 4.78 is 0.667. The summed E-state index contributed by atoms with van der Waals surface area (Å²) in [5.41, 5.74) is 4.67. The van der Waals surface area contributed by atoms with E-state index in [0.29, 0.717) is 23.0 Å². The number of aromatic hydroxyl groups is 1. The average Bonchev–Trinajstić information content (AvgIpc) is 2.70. The lowest BCUT2D eigenvalue weighted by molar-refractivity contribution is 0.112. The second kappa shape index (κ2) is 4.06. The number of phenolic OH excluding ortho intramolecular Hbond substituents is 1. The molecule has 2 aromatic rings. The summed E-state index contributed by atoms with van der Waals surface area (Å²) in [4.78, 5) is 15.0. The molecule has 0 aliphatic carbocycles. The molecule has 0 aliphatic rings. The summed E-state index contributed by atoms with van der Waals surface area (Å²) in [6.45, 7) is 5.77. The minimum Gasteiger partial charge on any atom is -0.506 e. The Morgan fingerprint density at radius 1 is 1.69 bits per heavy atom. The summed E-state index contributed by atoms with van der Waals surface area (Å²) in [7, 11) is 0. The minimum atomic E-state index is 0.0259. The van der Waals surface area contributed by atoms with Gasteiger partial charge in [-0.05, 0) is 25.0 Å². The second-order valence-corrected chi connectivity index (χ2v) is 4.61. The molecule has 0 bridgehead atoms. The van der Waals surface area contributed by atoms with Gasteiger partial charge in [-0.3, -0.25) is 4.79 Å². The minimum absolute atomic E-state index is 0.0259. The summed E-state index contributed by atoms with van der Waals surface area (Å²) in [5.74, 6) is 0.0259. The van der Waals surface area contributed by atoms with E-state index in [-0.39, 0.29) is 5.75 Å². The molecule has 0 radical (unpaired) electrons. The fourth-order valence-corrected chi connectivity index (χ4v) is 2.44. The predicted molar refractivity (Wildman–Crippen MR) is 65.2 cm³/mol. The van der Waals surface area contributed by atoms with Crippen molar-refractivity contribution in [3.05, 3.63) is 34.9 Å². The Kier molecular flexibility index (Phi) is 2.75. The van der Waals surface area contributed by atoms with Crippen molar-refractivity contribution in [1.29, 1.82) is 0 Å². The van der Waals surface area contributed by atoms with Crippen LogP contribution < -0.4 is 0 Å². The van der Waals surface area contributed by atoms with Crippen LogP contribution in [0.5, 0.6) is 5.75 Å². The number of aldehydes is 1. The summed E-state index contributed by atoms with van der Waals surface area (Å²) in [6, 6.07) is 1.68. The molecule has 0 amide bonds. The van der Waals surface area contributed by atoms with E-state index in [2.05, 4.69) is 11.6 Å². The van der Waals surface area contributed by atoms with E-state index in [1.165, 1.54) is 11.3 Å². The first-order valence-electron chi connectivity index (χ1n) is 4.81. The number of benzene rings is 1. The molecule has 16 heavy (non-hydrogen) atoms. The monoisotopic (exact) mass is 233 g/mol. The molecular formula is C12H11NO2S. The van der Waals surface area contributed by atoms with Gasteiger partial charge in [0.1, 0.15) is 5.75 Å². The number of phenols is 1. The highest BCUT2D eigenvalue weighted by Crippen LogP contribution is 2.34. The number of aromatic nitrogens is 1. The summed E-state index contributed by atoms with van der Waals surface area (Å²) in [5, 5.41) is 9.81. The van der Waals surface area contributed by atoms with E-state index >= 15 is 0 Å². The van der Waals surface area contributed by atoms with Gasteiger partial charge in [0, 0.05) is 0 Å². The fraction of sp³-hybridized carbons (Fsp3) is 0.167. The highest BCUT2D eigenvalue weighted by Gasteiger charge is 2.13. The predicted octanol–water partition coefficient (Wildman–Crippen LogP) is 2.93. The van der Waals surface area contributed by atoms with Gasteiger partial charge >= 0.3 is 0 Å². The number of nitrogens with zero attached hydrogens (tertiary/aromatic N) is 1. The Morgan fingerprint density at radius 2 is 2.44 bits per heavy atom. The standard InChI is InChI=1S/C12H11NO2S/c1-7(2)3-8-4-9(5-14)11(15)12-10(8)13-6-16-12/h4-6,15H,1,3H2,2H3. The number of hydrogen-bond donors (Lipinski definition) is 1. The molecule has 0 spiro atoms. The largest absolute Gasteiger partial charge is 0.506 e. The van der Waals surface area contributed by atoms with Crippen LogP contribution in [0.4, 0.5) is 0 Å². The topological polar surface area (TPSA) is 50.2 Å². The smallest absolute Gasteiger partial charge is 0.153 e. The highest BCUT2D eigenvalue weighted by molar-refractivity contribution is 7.17. The maximum absolute atomic E-state index is 10.8. The van der Waals surface area contributed by atoms with Gasteiger partial charge in [-0.1, -0.05) is 12.2 Å². The average molecular weight is 233 g/mol. The van der Waals surface area contributed by atoms with Crippen LogP contribution in [0.3, 0.4) is 0 Å². The number of carbonyl (C=O) groups is 1.